The SMILES string of the molecule is CC.C[NH2+]C1[C@@H](O)OC(COC(=O)c2cc(N)ccc2O)[C@H](O)[C@H]1O. The Kier molecular flexibility index (Phi) is 8.07. The number of aliphatic hydroxyl groups is 3. The van der Waals surface area contributed by atoms with Gasteiger partial charge in [0.25, 0.3) is 0 Å². The third-order valence-electron chi connectivity index (χ3n) is 3.77. The molecule has 1 saturated heterocycles. The summed E-state index contributed by atoms with van der Waals surface area (Å²) < 4.78 is 10.1. The lowest BCUT2D eigenvalue weighted by atomic mass is 9.97. The number of quaternary nitrogens is 1. The van der Waals surface area contributed by atoms with E-state index in [1.54, 1.807) is 7.05 Å². The van der Waals surface area contributed by atoms with Crippen LogP contribution in [-0.4, -0.2) is 70.7 Å². The van der Waals surface area contributed by atoms with Gasteiger partial charge in [0.2, 0.25) is 6.29 Å². The van der Waals surface area contributed by atoms with Gasteiger partial charge >= 0.3 is 5.97 Å². The normalized spacial score (nSPS) is 28.6. The van der Waals surface area contributed by atoms with E-state index in [9.17, 15) is 25.2 Å². The molecule has 1 aromatic rings. The summed E-state index contributed by atoms with van der Waals surface area (Å²) in [6.07, 6.45) is -4.98. The number of nitrogen functional groups attached to an aromatic ring is 1. The van der Waals surface area contributed by atoms with E-state index in [0.717, 1.165) is 0 Å². The number of esters is 1. The molecular formula is C16H27N2O7+. The van der Waals surface area contributed by atoms with Crippen molar-refractivity contribution in [2.45, 2.75) is 44.5 Å². The van der Waals surface area contributed by atoms with Gasteiger partial charge in [-0.3, -0.25) is 0 Å². The smallest absolute Gasteiger partial charge is 0.342 e. The van der Waals surface area contributed by atoms with E-state index in [-0.39, 0.29) is 17.0 Å². The molecule has 1 heterocycles. The van der Waals surface area contributed by atoms with Gasteiger partial charge in [0.1, 0.15) is 36.2 Å². The van der Waals surface area contributed by atoms with E-state index in [4.69, 9.17) is 15.2 Å². The molecule has 0 aliphatic carbocycles. The highest BCUT2D eigenvalue weighted by Gasteiger charge is 2.46. The molecule has 0 amide bonds. The summed E-state index contributed by atoms with van der Waals surface area (Å²) >= 11 is 0. The second-order valence-electron chi connectivity index (χ2n) is 5.33. The molecule has 1 aliphatic heterocycles. The van der Waals surface area contributed by atoms with Crippen LogP contribution in [-0.2, 0) is 9.47 Å². The predicted molar refractivity (Wildman–Crippen MR) is 88.7 cm³/mol. The number of aromatic hydroxyl groups is 1. The first-order chi connectivity index (χ1) is 11.8. The zero-order valence-corrected chi connectivity index (χ0v) is 14.5. The summed E-state index contributed by atoms with van der Waals surface area (Å²) in [6.45, 7) is 3.60. The third kappa shape index (κ3) is 5.03. The summed E-state index contributed by atoms with van der Waals surface area (Å²) in [5, 5.41) is 40.8. The number of benzene rings is 1. The Hall–Kier alpha value is -1.91. The van der Waals surface area contributed by atoms with Crippen molar-refractivity contribution < 1.29 is 40.0 Å². The molecule has 1 fully saturated rings. The van der Waals surface area contributed by atoms with Crippen molar-refractivity contribution in [1.82, 2.24) is 0 Å². The molecule has 25 heavy (non-hydrogen) atoms. The molecule has 0 saturated carbocycles. The van der Waals surface area contributed by atoms with Crippen molar-refractivity contribution in [2.75, 3.05) is 19.4 Å². The fraction of sp³-hybridized carbons (Fsp3) is 0.562. The van der Waals surface area contributed by atoms with Crippen LogP contribution in [0.5, 0.6) is 5.75 Å². The molecule has 142 valence electrons. The van der Waals surface area contributed by atoms with Crippen molar-refractivity contribution in [3.8, 4) is 5.75 Å². The molecule has 2 unspecified atom stereocenters. The lowest BCUT2D eigenvalue weighted by Gasteiger charge is -2.38. The van der Waals surface area contributed by atoms with Gasteiger partial charge < -0.3 is 41.0 Å². The van der Waals surface area contributed by atoms with Crippen molar-refractivity contribution in [3.63, 3.8) is 0 Å². The molecule has 2 rings (SSSR count). The fourth-order valence-electron chi connectivity index (χ4n) is 2.42. The van der Waals surface area contributed by atoms with E-state index in [2.05, 4.69) is 0 Å². The van der Waals surface area contributed by atoms with Crippen molar-refractivity contribution in [1.29, 1.82) is 0 Å². The Morgan fingerprint density at radius 2 is 1.92 bits per heavy atom. The predicted octanol–water partition coefficient (Wildman–Crippen LogP) is -1.84. The number of anilines is 1. The molecule has 0 bridgehead atoms. The number of carbonyl (C=O) groups excluding carboxylic acids is 1. The van der Waals surface area contributed by atoms with Crippen LogP contribution >= 0.6 is 0 Å². The number of carbonyl (C=O) groups is 1. The first-order valence-electron chi connectivity index (χ1n) is 8.10. The number of aliphatic hydroxyl groups excluding tert-OH is 3. The molecule has 0 radical (unpaired) electrons. The molecule has 5 atom stereocenters. The third-order valence-corrected chi connectivity index (χ3v) is 3.77. The van der Waals surface area contributed by atoms with E-state index < -0.39 is 43.2 Å². The Balaban J connectivity index is 0.00000151. The van der Waals surface area contributed by atoms with Gasteiger partial charge in [-0.1, -0.05) is 13.8 Å². The van der Waals surface area contributed by atoms with E-state index >= 15 is 0 Å². The van der Waals surface area contributed by atoms with E-state index in [0.29, 0.717) is 0 Å². The Bertz CT molecular complexity index is 569. The summed E-state index contributed by atoms with van der Waals surface area (Å²) in [4.78, 5) is 11.9. The number of ether oxygens (including phenoxy) is 2. The number of phenolic OH excluding ortho intramolecular Hbond substituents is 1. The molecule has 0 aromatic heterocycles. The first-order valence-corrected chi connectivity index (χ1v) is 8.10. The molecule has 0 spiro atoms. The molecule has 1 aliphatic rings. The van der Waals surface area contributed by atoms with E-state index in [1.165, 1.54) is 23.5 Å². The van der Waals surface area contributed by atoms with Gasteiger partial charge in [-0.15, -0.1) is 0 Å². The molecule has 9 heteroatoms. The highest BCUT2D eigenvalue weighted by atomic mass is 16.6. The largest absolute Gasteiger partial charge is 0.507 e. The molecule has 1 aromatic carbocycles. The average Bonchev–Trinajstić information content (AvgIpc) is 2.61. The number of hydrogen-bond acceptors (Lipinski definition) is 8. The van der Waals surface area contributed by atoms with Crippen LogP contribution in [0.1, 0.15) is 24.2 Å². The number of hydrogen-bond donors (Lipinski definition) is 6. The van der Waals surface area contributed by atoms with Crippen LogP contribution in [0, 0.1) is 0 Å². The summed E-state index contributed by atoms with van der Waals surface area (Å²) in [5.41, 5.74) is 5.69. The van der Waals surface area contributed by atoms with Gasteiger partial charge in [-0.05, 0) is 18.2 Å². The second-order valence-corrected chi connectivity index (χ2v) is 5.33. The van der Waals surface area contributed by atoms with E-state index in [1.807, 2.05) is 13.8 Å². The lowest BCUT2D eigenvalue weighted by molar-refractivity contribution is -0.694. The minimum Gasteiger partial charge on any atom is -0.507 e. The number of likely N-dealkylation sites (N-methyl/N-ethyl adjacent to an activating group) is 1. The molecular weight excluding hydrogens is 332 g/mol. The quantitative estimate of drug-likeness (QED) is 0.208. The van der Waals surface area contributed by atoms with Crippen LogP contribution < -0.4 is 11.1 Å². The molecule has 8 N–H and O–H groups in total. The summed E-state index contributed by atoms with van der Waals surface area (Å²) in [6, 6.07) is 3.19. The summed E-state index contributed by atoms with van der Waals surface area (Å²) in [5.74, 6) is -1.16. The van der Waals surface area contributed by atoms with Crippen LogP contribution in [0.3, 0.4) is 0 Å². The standard InChI is InChI=1S/C14H20N2O7.C2H6/c1-16-10-12(19)11(18)9(23-14(10)21)5-22-13(20)7-4-6(15)2-3-8(7)17;1-2/h2-4,9-12,14,16-19,21H,5,15H2,1H3;1-2H3/p+1/t9?,10?,11-,12-,14-;/m0./s1. The maximum atomic E-state index is 11.9. The topological polar surface area (TPSA) is 159 Å². The number of rotatable bonds is 4. The highest BCUT2D eigenvalue weighted by Crippen LogP contribution is 2.22. The Morgan fingerprint density at radius 3 is 2.52 bits per heavy atom. The van der Waals surface area contributed by atoms with Gasteiger partial charge in [0, 0.05) is 5.69 Å². The van der Waals surface area contributed by atoms with Crippen molar-refractivity contribution >= 4 is 11.7 Å². The zero-order valence-electron chi connectivity index (χ0n) is 14.5. The Labute approximate surface area is 146 Å². The van der Waals surface area contributed by atoms with Gasteiger partial charge in [-0.25, -0.2) is 4.79 Å². The highest BCUT2D eigenvalue weighted by molar-refractivity contribution is 5.93. The summed E-state index contributed by atoms with van der Waals surface area (Å²) in [7, 11) is 1.62. The monoisotopic (exact) mass is 359 g/mol. The van der Waals surface area contributed by atoms with Crippen LogP contribution in [0.25, 0.3) is 0 Å². The Morgan fingerprint density at radius 1 is 1.28 bits per heavy atom. The maximum Gasteiger partial charge on any atom is 0.342 e. The fourth-order valence-corrected chi connectivity index (χ4v) is 2.42. The zero-order chi connectivity index (χ0) is 19.1. The van der Waals surface area contributed by atoms with Crippen LogP contribution in [0.2, 0.25) is 0 Å². The number of nitrogens with two attached hydrogens (primary N) is 2. The van der Waals surface area contributed by atoms with Crippen LogP contribution in [0.15, 0.2) is 18.2 Å². The van der Waals surface area contributed by atoms with Crippen LogP contribution in [0.4, 0.5) is 5.69 Å². The lowest BCUT2D eigenvalue weighted by Crippen LogP contribution is -2.94. The second kappa shape index (κ2) is 9.54. The van der Waals surface area contributed by atoms with Gasteiger partial charge in [0.05, 0.1) is 7.05 Å². The maximum absolute atomic E-state index is 11.9. The average molecular weight is 359 g/mol. The van der Waals surface area contributed by atoms with Gasteiger partial charge in [-0.2, -0.15) is 0 Å². The minimum absolute atomic E-state index is 0.129. The minimum atomic E-state index is -1.33. The molecule has 9 nitrogen and oxygen atoms in total. The first kappa shape index (κ1) is 21.1. The van der Waals surface area contributed by atoms with Crippen molar-refractivity contribution in [3.05, 3.63) is 23.8 Å². The van der Waals surface area contributed by atoms with Gasteiger partial charge in [0.15, 0.2) is 6.04 Å². The number of phenols is 1. The van der Waals surface area contributed by atoms with Crippen molar-refractivity contribution in [2.24, 2.45) is 0 Å².